The molecule has 32 heavy (non-hydrogen) atoms. The number of ether oxygens (including phenoxy) is 2. The summed E-state index contributed by atoms with van der Waals surface area (Å²) in [6.07, 6.45) is 0. The number of carbonyl (C=O) groups is 3. The molecule has 1 N–H and O–H groups in total. The number of hydrogen-bond acceptors (Lipinski definition) is 5. The monoisotopic (exact) mass is 444 g/mol. The third-order valence-electron chi connectivity index (χ3n) is 5.22. The quantitative estimate of drug-likeness (QED) is 0.319. The van der Waals surface area contributed by atoms with Crippen molar-refractivity contribution in [2.75, 3.05) is 0 Å². The van der Waals surface area contributed by atoms with Gasteiger partial charge in [0.05, 0.1) is 21.7 Å². The van der Waals surface area contributed by atoms with Crippen LogP contribution < -0.4 is 9.47 Å². The lowest BCUT2D eigenvalue weighted by atomic mass is 9.89. The number of carboxylic acids is 1. The van der Waals surface area contributed by atoms with E-state index in [0.29, 0.717) is 10.9 Å². The van der Waals surface area contributed by atoms with Gasteiger partial charge in [0.15, 0.2) is 0 Å². The minimum atomic E-state index is -1.17. The number of halogens is 1. The highest BCUT2D eigenvalue weighted by molar-refractivity contribution is 6.32. The highest BCUT2D eigenvalue weighted by Gasteiger charge is 2.25. The van der Waals surface area contributed by atoms with Crippen LogP contribution in [0.15, 0.2) is 72.8 Å². The standard InChI is InChI=1S/C25H13ClO6/c26-20-12-15-7-10-21(20)32-25(30)17-8-6-14(24(29)31-15)11-19(17)22-16-4-2-1-3-13(16)5-9-18(22)23(27)28/h1-12H,(H,27,28). The second-order valence-corrected chi connectivity index (χ2v) is 7.55. The van der Waals surface area contributed by atoms with Crippen LogP contribution in [-0.4, -0.2) is 23.0 Å². The fourth-order valence-corrected chi connectivity index (χ4v) is 3.95. The molecule has 8 rings (SSSR count). The van der Waals surface area contributed by atoms with E-state index in [9.17, 15) is 19.5 Å². The zero-order valence-electron chi connectivity index (χ0n) is 16.3. The SMILES string of the molecule is O=C1Oc2ccc(c(Cl)c2)OC(=O)c2ccc1cc2-c1c(C(=O)O)ccc2ccccc12. The number of hydrogen-bond donors (Lipinski definition) is 1. The molecule has 0 amide bonds. The van der Waals surface area contributed by atoms with Crippen molar-refractivity contribution < 1.29 is 29.0 Å². The average Bonchev–Trinajstić information content (AvgIpc) is 2.78. The fraction of sp³-hybridized carbons (Fsp3) is 0. The van der Waals surface area contributed by atoms with E-state index in [2.05, 4.69) is 0 Å². The molecule has 0 atom stereocenters. The summed E-state index contributed by atoms with van der Waals surface area (Å²) in [6, 6.07) is 18.9. The molecule has 0 saturated heterocycles. The molecule has 0 fully saturated rings. The lowest BCUT2D eigenvalue weighted by Crippen LogP contribution is -2.15. The molecule has 156 valence electrons. The highest BCUT2D eigenvalue weighted by Crippen LogP contribution is 2.37. The lowest BCUT2D eigenvalue weighted by molar-refractivity contribution is 0.0693. The molecular weight excluding hydrogens is 432 g/mol. The largest absolute Gasteiger partial charge is 0.478 e. The van der Waals surface area contributed by atoms with E-state index in [1.165, 1.54) is 42.5 Å². The van der Waals surface area contributed by atoms with Crippen molar-refractivity contribution in [3.05, 3.63) is 94.5 Å². The van der Waals surface area contributed by atoms with E-state index in [1.807, 2.05) is 12.1 Å². The predicted molar refractivity (Wildman–Crippen MR) is 118 cm³/mol. The predicted octanol–water partition coefficient (Wildman–Crippen LogP) is 5.61. The highest BCUT2D eigenvalue weighted by atomic mass is 35.5. The Balaban J connectivity index is 1.83. The third-order valence-corrected chi connectivity index (χ3v) is 5.52. The summed E-state index contributed by atoms with van der Waals surface area (Å²) in [6.45, 7) is 0. The van der Waals surface area contributed by atoms with Crippen molar-refractivity contribution in [1.82, 2.24) is 0 Å². The maximum Gasteiger partial charge on any atom is 0.344 e. The molecule has 0 spiro atoms. The van der Waals surface area contributed by atoms with Crippen LogP contribution in [-0.2, 0) is 0 Å². The van der Waals surface area contributed by atoms with E-state index in [1.54, 1.807) is 18.2 Å². The van der Waals surface area contributed by atoms with Crippen LogP contribution >= 0.6 is 11.6 Å². The van der Waals surface area contributed by atoms with Gasteiger partial charge in [0.2, 0.25) is 0 Å². The van der Waals surface area contributed by atoms with Gasteiger partial charge in [-0.05, 0) is 52.7 Å². The van der Waals surface area contributed by atoms with Crippen molar-refractivity contribution in [1.29, 1.82) is 0 Å². The molecule has 0 aliphatic carbocycles. The second kappa shape index (κ2) is 7.51. The summed E-state index contributed by atoms with van der Waals surface area (Å²) >= 11 is 6.18. The molecule has 4 aliphatic rings. The Labute approximate surface area is 186 Å². The van der Waals surface area contributed by atoms with E-state index < -0.39 is 17.9 Å². The van der Waals surface area contributed by atoms with Gasteiger partial charge in [-0.3, -0.25) is 0 Å². The number of carboxylic acid groups (broad SMARTS) is 1. The van der Waals surface area contributed by atoms with Crippen LogP contribution in [0.5, 0.6) is 11.5 Å². The number of esters is 2. The molecule has 0 saturated carbocycles. The first kappa shape index (κ1) is 19.8. The van der Waals surface area contributed by atoms with E-state index >= 15 is 0 Å². The number of fused-ring (bicyclic) bond motifs is 1. The Morgan fingerprint density at radius 1 is 0.812 bits per heavy atom. The molecule has 0 aromatic heterocycles. The molecule has 4 aromatic carbocycles. The van der Waals surface area contributed by atoms with Gasteiger partial charge in [-0.15, -0.1) is 0 Å². The van der Waals surface area contributed by atoms with Crippen LogP contribution in [0.25, 0.3) is 21.9 Å². The van der Waals surface area contributed by atoms with Crippen LogP contribution in [0.1, 0.15) is 31.1 Å². The number of carbonyl (C=O) groups excluding carboxylic acids is 2. The zero-order valence-corrected chi connectivity index (χ0v) is 17.1. The Morgan fingerprint density at radius 2 is 1.62 bits per heavy atom. The van der Waals surface area contributed by atoms with Gasteiger partial charge in [-0.2, -0.15) is 0 Å². The van der Waals surface area contributed by atoms with Crippen molar-refractivity contribution in [2.45, 2.75) is 0 Å². The zero-order chi connectivity index (χ0) is 22.4. The minimum Gasteiger partial charge on any atom is -0.478 e. The molecule has 4 heterocycles. The van der Waals surface area contributed by atoms with Crippen LogP contribution in [0.3, 0.4) is 0 Å². The molecule has 4 bridgehead atoms. The van der Waals surface area contributed by atoms with Gasteiger partial charge in [-0.1, -0.05) is 41.9 Å². The minimum absolute atomic E-state index is 0.0169. The van der Waals surface area contributed by atoms with Gasteiger partial charge in [0.25, 0.3) is 0 Å². The molecule has 7 heteroatoms. The van der Waals surface area contributed by atoms with Crippen LogP contribution in [0, 0.1) is 0 Å². The maximum atomic E-state index is 13.1. The van der Waals surface area contributed by atoms with Crippen molar-refractivity contribution in [3.63, 3.8) is 0 Å². The van der Waals surface area contributed by atoms with E-state index in [0.717, 1.165) is 5.39 Å². The molecular formula is C25H13ClO6. The van der Waals surface area contributed by atoms with Crippen molar-refractivity contribution in [3.8, 4) is 22.6 Å². The maximum absolute atomic E-state index is 13.1. The van der Waals surface area contributed by atoms with Crippen LogP contribution in [0.2, 0.25) is 5.02 Å². The molecule has 6 nitrogen and oxygen atoms in total. The summed E-state index contributed by atoms with van der Waals surface area (Å²) in [5.41, 5.74) is 0.749. The molecule has 4 aromatic rings. The average molecular weight is 445 g/mol. The lowest BCUT2D eigenvalue weighted by Gasteiger charge is -2.17. The summed E-state index contributed by atoms with van der Waals surface area (Å²) in [5, 5.41) is 11.3. The van der Waals surface area contributed by atoms with Crippen LogP contribution in [0.4, 0.5) is 0 Å². The van der Waals surface area contributed by atoms with E-state index in [4.69, 9.17) is 21.1 Å². The number of aromatic carboxylic acids is 1. The molecule has 0 unspecified atom stereocenters. The third kappa shape index (κ3) is 3.27. The van der Waals surface area contributed by atoms with Gasteiger partial charge in [-0.25, -0.2) is 14.4 Å². The summed E-state index contributed by atoms with van der Waals surface area (Å²) < 4.78 is 10.9. The Hall–Kier alpha value is -4.16. The first-order chi connectivity index (χ1) is 15.4. The topological polar surface area (TPSA) is 89.9 Å². The smallest absolute Gasteiger partial charge is 0.344 e. The first-order valence-corrected chi connectivity index (χ1v) is 9.93. The van der Waals surface area contributed by atoms with Gasteiger partial charge in [0, 0.05) is 11.6 Å². The summed E-state index contributed by atoms with van der Waals surface area (Å²) in [7, 11) is 0. The van der Waals surface area contributed by atoms with Gasteiger partial charge >= 0.3 is 17.9 Å². The van der Waals surface area contributed by atoms with E-state index in [-0.39, 0.29) is 38.8 Å². The van der Waals surface area contributed by atoms with Gasteiger partial charge < -0.3 is 14.6 Å². The first-order valence-electron chi connectivity index (χ1n) is 9.56. The van der Waals surface area contributed by atoms with Crippen molar-refractivity contribution >= 4 is 40.3 Å². The Morgan fingerprint density at radius 3 is 2.41 bits per heavy atom. The summed E-state index contributed by atoms with van der Waals surface area (Å²) in [4.78, 5) is 38.0. The van der Waals surface area contributed by atoms with Crippen molar-refractivity contribution in [2.24, 2.45) is 0 Å². The molecule has 4 aliphatic heterocycles. The normalized spacial score (nSPS) is 12.8. The number of rotatable bonds is 2. The van der Waals surface area contributed by atoms with Gasteiger partial charge in [0.1, 0.15) is 11.5 Å². The summed E-state index contributed by atoms with van der Waals surface area (Å²) in [5.74, 6) is -2.31. The Bertz CT molecular complexity index is 1460. The number of benzene rings is 4. The Kier molecular flexibility index (Phi) is 4.64. The molecule has 0 radical (unpaired) electrons. The fourth-order valence-electron chi connectivity index (χ4n) is 3.74. The second-order valence-electron chi connectivity index (χ2n) is 7.15.